The zero-order valence-electron chi connectivity index (χ0n) is 17.0. The van der Waals surface area contributed by atoms with Crippen LogP contribution in [0, 0.1) is 13.8 Å². The molecule has 1 aromatic carbocycles. The number of rotatable bonds is 5. The number of aryl methyl sites for hydroxylation is 1. The molecule has 2 heterocycles. The lowest BCUT2D eigenvalue weighted by Gasteiger charge is -2.23. The Bertz CT molecular complexity index is 894. The van der Waals surface area contributed by atoms with E-state index >= 15 is 0 Å². The highest BCUT2D eigenvalue weighted by molar-refractivity contribution is 5.96. The fourth-order valence-electron chi connectivity index (χ4n) is 3.72. The third-order valence-electron chi connectivity index (χ3n) is 5.37. The van der Waals surface area contributed by atoms with Gasteiger partial charge in [-0.1, -0.05) is 13.0 Å². The molecule has 0 aliphatic carbocycles. The smallest absolute Gasteiger partial charge is 0.406 e. The summed E-state index contributed by atoms with van der Waals surface area (Å²) in [6.45, 7) is 7.81. The predicted molar refractivity (Wildman–Crippen MR) is 102 cm³/mol. The molecule has 3 rings (SSSR count). The van der Waals surface area contributed by atoms with Crippen molar-refractivity contribution in [3.8, 4) is 11.4 Å². The molecule has 1 aliphatic heterocycles. The van der Waals surface area contributed by atoms with Crippen LogP contribution in [0.25, 0.3) is 5.69 Å². The summed E-state index contributed by atoms with van der Waals surface area (Å²) in [6, 6.07) is 5.89. The van der Waals surface area contributed by atoms with Crippen LogP contribution in [-0.2, 0) is 0 Å². The molecule has 158 valence electrons. The number of nitrogens with zero attached hydrogens (tertiary/aromatic N) is 4. The minimum Gasteiger partial charge on any atom is -0.406 e. The van der Waals surface area contributed by atoms with Crippen molar-refractivity contribution in [1.82, 2.24) is 19.6 Å². The number of amides is 1. The number of alkyl halides is 3. The second-order valence-electron chi connectivity index (χ2n) is 7.27. The van der Waals surface area contributed by atoms with Gasteiger partial charge in [0.2, 0.25) is 0 Å². The molecule has 1 aromatic heterocycles. The summed E-state index contributed by atoms with van der Waals surface area (Å²) in [7, 11) is 2.04. The van der Waals surface area contributed by atoms with Crippen molar-refractivity contribution >= 4 is 5.91 Å². The number of carbonyl (C=O) groups is 1. The first-order valence-electron chi connectivity index (χ1n) is 9.52. The molecule has 29 heavy (non-hydrogen) atoms. The van der Waals surface area contributed by atoms with Crippen LogP contribution in [-0.4, -0.2) is 64.6 Å². The molecule has 1 fully saturated rings. The summed E-state index contributed by atoms with van der Waals surface area (Å²) in [5, 5.41) is 4.40. The first-order valence-corrected chi connectivity index (χ1v) is 9.52. The standard InChI is InChI=1S/C20H25F3N4O2/c1-5-25(4)16-9-10-26(12-16)19(28)18-13(2)24-27(14(18)3)15-7-6-8-17(11-15)29-20(21,22)23/h6-8,11,16H,5,9-10,12H2,1-4H3. The number of hydrogen-bond donors (Lipinski definition) is 0. The lowest BCUT2D eigenvalue weighted by Crippen LogP contribution is -2.36. The zero-order valence-corrected chi connectivity index (χ0v) is 17.0. The minimum atomic E-state index is -4.77. The number of likely N-dealkylation sites (N-methyl/N-ethyl adjacent to an activating group) is 1. The summed E-state index contributed by atoms with van der Waals surface area (Å²) in [6.07, 6.45) is -3.86. The lowest BCUT2D eigenvalue weighted by molar-refractivity contribution is -0.274. The molecule has 1 amide bonds. The summed E-state index contributed by atoms with van der Waals surface area (Å²) < 4.78 is 43.0. The Morgan fingerprint density at radius 3 is 2.72 bits per heavy atom. The van der Waals surface area contributed by atoms with E-state index in [1.807, 2.05) is 11.9 Å². The summed E-state index contributed by atoms with van der Waals surface area (Å²) in [5.74, 6) is -0.429. The molecule has 6 nitrogen and oxygen atoms in total. The number of likely N-dealkylation sites (tertiary alicyclic amines) is 1. The van der Waals surface area contributed by atoms with Crippen molar-refractivity contribution in [2.24, 2.45) is 0 Å². The first kappa shape index (κ1) is 21.2. The molecule has 0 spiro atoms. The van der Waals surface area contributed by atoms with Crippen LogP contribution in [0.15, 0.2) is 24.3 Å². The number of hydrogen-bond acceptors (Lipinski definition) is 4. The predicted octanol–water partition coefficient (Wildman–Crippen LogP) is 3.55. The van der Waals surface area contributed by atoms with Gasteiger partial charge in [-0.3, -0.25) is 4.79 Å². The Kier molecular flexibility index (Phi) is 5.88. The average molecular weight is 410 g/mol. The molecule has 1 saturated heterocycles. The van der Waals surface area contributed by atoms with E-state index in [1.54, 1.807) is 19.9 Å². The molecule has 0 radical (unpaired) electrons. The molecule has 0 N–H and O–H groups in total. The lowest BCUT2D eigenvalue weighted by atomic mass is 10.1. The van der Waals surface area contributed by atoms with E-state index in [0.717, 1.165) is 13.0 Å². The van der Waals surface area contributed by atoms with Gasteiger partial charge >= 0.3 is 6.36 Å². The molecule has 1 unspecified atom stereocenters. The maximum atomic E-state index is 13.1. The highest BCUT2D eigenvalue weighted by Crippen LogP contribution is 2.27. The Labute approximate surface area is 167 Å². The normalized spacial score (nSPS) is 17.2. The fourth-order valence-corrected chi connectivity index (χ4v) is 3.72. The molecule has 2 aromatic rings. The molecule has 0 saturated carbocycles. The SMILES string of the molecule is CCN(C)C1CCN(C(=O)c2c(C)nn(-c3cccc(OC(F)(F)F)c3)c2C)C1. The highest BCUT2D eigenvalue weighted by atomic mass is 19.4. The maximum Gasteiger partial charge on any atom is 0.573 e. The first-order chi connectivity index (χ1) is 13.6. The highest BCUT2D eigenvalue weighted by Gasteiger charge is 2.33. The molecule has 9 heteroatoms. The van der Waals surface area contributed by atoms with Gasteiger partial charge in [-0.25, -0.2) is 4.68 Å². The van der Waals surface area contributed by atoms with E-state index in [9.17, 15) is 18.0 Å². The molecular formula is C20H25F3N4O2. The number of halogens is 3. The van der Waals surface area contributed by atoms with Gasteiger partial charge in [-0.2, -0.15) is 5.10 Å². The molecule has 1 atom stereocenters. The van der Waals surface area contributed by atoms with Crippen LogP contribution in [0.2, 0.25) is 0 Å². The van der Waals surface area contributed by atoms with E-state index in [4.69, 9.17) is 0 Å². The second-order valence-corrected chi connectivity index (χ2v) is 7.27. The van der Waals surface area contributed by atoms with Crippen molar-refractivity contribution < 1.29 is 22.7 Å². The van der Waals surface area contributed by atoms with Crippen LogP contribution in [0.4, 0.5) is 13.2 Å². The van der Waals surface area contributed by atoms with Crippen LogP contribution >= 0.6 is 0 Å². The van der Waals surface area contributed by atoms with E-state index < -0.39 is 6.36 Å². The van der Waals surface area contributed by atoms with E-state index in [1.165, 1.54) is 22.9 Å². The third-order valence-corrected chi connectivity index (χ3v) is 5.37. The van der Waals surface area contributed by atoms with Crippen molar-refractivity contribution in [2.75, 3.05) is 26.7 Å². The van der Waals surface area contributed by atoms with Gasteiger partial charge in [-0.05, 0) is 46.0 Å². The van der Waals surface area contributed by atoms with E-state index in [0.29, 0.717) is 41.8 Å². The van der Waals surface area contributed by atoms with Crippen LogP contribution in [0.1, 0.15) is 35.1 Å². The van der Waals surface area contributed by atoms with Crippen molar-refractivity contribution in [3.05, 3.63) is 41.2 Å². The summed E-state index contributed by atoms with van der Waals surface area (Å²) in [4.78, 5) is 17.2. The Morgan fingerprint density at radius 2 is 2.07 bits per heavy atom. The zero-order chi connectivity index (χ0) is 21.3. The summed E-state index contributed by atoms with van der Waals surface area (Å²) in [5.41, 5.74) is 2.02. The monoisotopic (exact) mass is 410 g/mol. The Hall–Kier alpha value is -2.55. The average Bonchev–Trinajstić information content (AvgIpc) is 3.24. The number of ether oxygens (including phenoxy) is 1. The quantitative estimate of drug-likeness (QED) is 0.757. The van der Waals surface area contributed by atoms with Gasteiger partial charge in [0.05, 0.1) is 22.6 Å². The largest absolute Gasteiger partial charge is 0.573 e. The number of benzene rings is 1. The van der Waals surface area contributed by atoms with Gasteiger partial charge in [0.25, 0.3) is 5.91 Å². The van der Waals surface area contributed by atoms with Gasteiger partial charge in [-0.15, -0.1) is 13.2 Å². The van der Waals surface area contributed by atoms with Gasteiger partial charge in [0.1, 0.15) is 5.75 Å². The maximum absolute atomic E-state index is 13.1. The fraction of sp³-hybridized carbons (Fsp3) is 0.500. The molecular weight excluding hydrogens is 385 g/mol. The topological polar surface area (TPSA) is 50.6 Å². The van der Waals surface area contributed by atoms with Gasteiger partial charge < -0.3 is 14.5 Å². The van der Waals surface area contributed by atoms with Crippen molar-refractivity contribution in [3.63, 3.8) is 0 Å². The number of carbonyl (C=O) groups excluding carboxylic acids is 1. The third kappa shape index (κ3) is 4.55. The van der Waals surface area contributed by atoms with Gasteiger partial charge in [0.15, 0.2) is 0 Å². The van der Waals surface area contributed by atoms with E-state index in [2.05, 4.69) is 21.7 Å². The molecule has 0 bridgehead atoms. The second kappa shape index (κ2) is 8.06. The van der Waals surface area contributed by atoms with Crippen LogP contribution in [0.5, 0.6) is 5.75 Å². The molecule has 1 aliphatic rings. The van der Waals surface area contributed by atoms with Crippen LogP contribution < -0.4 is 4.74 Å². The minimum absolute atomic E-state index is 0.0963. The van der Waals surface area contributed by atoms with Crippen molar-refractivity contribution in [1.29, 1.82) is 0 Å². The van der Waals surface area contributed by atoms with Crippen molar-refractivity contribution in [2.45, 2.75) is 39.6 Å². The summed E-state index contributed by atoms with van der Waals surface area (Å²) >= 11 is 0. The van der Waals surface area contributed by atoms with E-state index in [-0.39, 0.29) is 11.7 Å². The van der Waals surface area contributed by atoms with Crippen LogP contribution in [0.3, 0.4) is 0 Å². The Morgan fingerprint density at radius 1 is 1.34 bits per heavy atom. The Balaban J connectivity index is 1.86. The van der Waals surface area contributed by atoms with Gasteiger partial charge in [0, 0.05) is 25.2 Å². The number of aromatic nitrogens is 2.